The second-order valence-electron chi connectivity index (χ2n) is 5.16. The van der Waals surface area contributed by atoms with E-state index in [4.69, 9.17) is 5.11 Å². The van der Waals surface area contributed by atoms with Gasteiger partial charge in [0, 0.05) is 11.2 Å². The molecule has 0 saturated carbocycles. The molecule has 2 rings (SSSR count). The molecule has 2 atom stereocenters. The van der Waals surface area contributed by atoms with Gasteiger partial charge in [-0.25, -0.2) is 4.79 Å². The van der Waals surface area contributed by atoms with Crippen molar-refractivity contribution in [2.24, 2.45) is 0 Å². The fourth-order valence-electron chi connectivity index (χ4n) is 2.15. The number of hydrogen-bond donors (Lipinski definition) is 3. The first-order chi connectivity index (χ1) is 10.8. The van der Waals surface area contributed by atoms with Crippen molar-refractivity contribution in [1.29, 1.82) is 0 Å². The highest BCUT2D eigenvalue weighted by atomic mass is 32.1. The molecule has 1 aromatic heterocycles. The van der Waals surface area contributed by atoms with Crippen LogP contribution in [0.25, 0.3) is 10.1 Å². The maximum atomic E-state index is 12.1. The highest BCUT2D eigenvalue weighted by Gasteiger charge is 2.37. The van der Waals surface area contributed by atoms with Crippen molar-refractivity contribution in [3.05, 3.63) is 35.2 Å². The van der Waals surface area contributed by atoms with E-state index < -0.39 is 24.7 Å². The van der Waals surface area contributed by atoms with Gasteiger partial charge in [0.05, 0.1) is 6.04 Å². The molecule has 0 aliphatic carbocycles. The summed E-state index contributed by atoms with van der Waals surface area (Å²) in [7, 11) is 0. The summed E-state index contributed by atoms with van der Waals surface area (Å²) < 4.78 is 37.5. The second kappa shape index (κ2) is 7.18. The fraction of sp³-hybridized carbons (Fsp3) is 0.400. The van der Waals surface area contributed by atoms with Gasteiger partial charge in [0.2, 0.25) is 0 Å². The van der Waals surface area contributed by atoms with E-state index in [1.54, 1.807) is 18.3 Å². The number of carbonyl (C=O) groups excluding carboxylic acids is 1. The summed E-state index contributed by atoms with van der Waals surface area (Å²) in [6.45, 7) is 1.54. The Morgan fingerprint density at radius 3 is 2.74 bits per heavy atom. The van der Waals surface area contributed by atoms with Crippen LogP contribution in [0.4, 0.5) is 18.0 Å². The van der Waals surface area contributed by atoms with E-state index in [0.29, 0.717) is 0 Å². The molecule has 0 bridgehead atoms. The molecular formula is C15H17F3N2O2S. The van der Waals surface area contributed by atoms with Crippen LogP contribution in [0.3, 0.4) is 0 Å². The molecule has 0 saturated heterocycles. The van der Waals surface area contributed by atoms with Crippen LogP contribution in [0.5, 0.6) is 0 Å². The van der Waals surface area contributed by atoms with Crippen LogP contribution in [0.15, 0.2) is 29.6 Å². The lowest BCUT2D eigenvalue weighted by Crippen LogP contribution is -2.40. The third-order valence-corrected chi connectivity index (χ3v) is 4.39. The molecule has 2 aromatic rings. The zero-order chi connectivity index (χ0) is 17.0. The molecule has 0 aliphatic rings. The van der Waals surface area contributed by atoms with Gasteiger partial charge < -0.3 is 15.7 Å². The molecule has 0 unspecified atom stereocenters. The van der Waals surface area contributed by atoms with Crippen LogP contribution < -0.4 is 10.6 Å². The first-order valence-electron chi connectivity index (χ1n) is 7.04. The van der Waals surface area contributed by atoms with Crippen molar-refractivity contribution >= 4 is 27.5 Å². The summed E-state index contributed by atoms with van der Waals surface area (Å²) in [6, 6.07) is 6.93. The van der Waals surface area contributed by atoms with Crippen molar-refractivity contribution in [2.75, 3.05) is 6.54 Å². The number of aliphatic hydroxyl groups excluding tert-OH is 1. The maximum absolute atomic E-state index is 12.1. The van der Waals surface area contributed by atoms with Gasteiger partial charge in [0.1, 0.15) is 0 Å². The number of halogens is 3. The Morgan fingerprint density at radius 2 is 2.04 bits per heavy atom. The number of hydrogen-bond acceptors (Lipinski definition) is 3. The number of carbonyl (C=O) groups is 1. The maximum Gasteiger partial charge on any atom is 0.414 e. The van der Waals surface area contributed by atoms with E-state index in [2.05, 4.69) is 10.6 Å². The first-order valence-corrected chi connectivity index (χ1v) is 7.92. The zero-order valence-electron chi connectivity index (χ0n) is 12.4. The third-order valence-electron chi connectivity index (χ3n) is 3.41. The Bertz CT molecular complexity index is 672. The molecule has 23 heavy (non-hydrogen) atoms. The van der Waals surface area contributed by atoms with Gasteiger partial charge in [0.25, 0.3) is 0 Å². The van der Waals surface area contributed by atoms with Crippen LogP contribution in [0, 0.1) is 0 Å². The molecule has 0 aliphatic heterocycles. The van der Waals surface area contributed by atoms with Crippen molar-refractivity contribution in [3.63, 3.8) is 0 Å². The number of nitrogens with one attached hydrogen (secondary N) is 2. The monoisotopic (exact) mass is 346 g/mol. The fourth-order valence-corrected chi connectivity index (χ4v) is 3.20. The van der Waals surface area contributed by atoms with E-state index in [9.17, 15) is 18.0 Å². The highest BCUT2D eigenvalue weighted by molar-refractivity contribution is 7.17. The molecule has 0 radical (unpaired) electrons. The Morgan fingerprint density at radius 1 is 1.35 bits per heavy atom. The number of benzene rings is 1. The normalized spacial score (nSPS) is 14.5. The van der Waals surface area contributed by atoms with Gasteiger partial charge in [-0.05, 0) is 35.7 Å². The second-order valence-corrected chi connectivity index (χ2v) is 6.07. The number of amides is 2. The Balaban J connectivity index is 1.86. The van der Waals surface area contributed by atoms with Crippen LogP contribution in [0.1, 0.15) is 24.9 Å². The zero-order valence-corrected chi connectivity index (χ0v) is 13.2. The summed E-state index contributed by atoms with van der Waals surface area (Å²) in [6.07, 6.45) is -7.67. The molecule has 4 nitrogen and oxygen atoms in total. The molecule has 0 fully saturated rings. The first kappa shape index (κ1) is 17.6. The largest absolute Gasteiger partial charge is 0.414 e. The minimum Gasteiger partial charge on any atom is -0.384 e. The highest BCUT2D eigenvalue weighted by Crippen LogP contribution is 2.29. The number of rotatable bonds is 5. The van der Waals surface area contributed by atoms with E-state index in [1.807, 2.05) is 29.6 Å². The smallest absolute Gasteiger partial charge is 0.384 e. The average molecular weight is 346 g/mol. The quantitative estimate of drug-likeness (QED) is 0.775. The lowest BCUT2D eigenvalue weighted by Gasteiger charge is -2.17. The summed E-state index contributed by atoms with van der Waals surface area (Å²) in [5, 5.41) is 16.8. The molecule has 3 N–H and O–H groups in total. The van der Waals surface area contributed by atoms with Crippen molar-refractivity contribution < 1.29 is 23.1 Å². The van der Waals surface area contributed by atoms with E-state index in [-0.39, 0.29) is 12.6 Å². The van der Waals surface area contributed by atoms with Gasteiger partial charge in [0.15, 0.2) is 6.10 Å². The van der Waals surface area contributed by atoms with Crippen LogP contribution >= 0.6 is 11.3 Å². The Hall–Kier alpha value is -1.80. The Kier molecular flexibility index (Phi) is 5.48. The van der Waals surface area contributed by atoms with Gasteiger partial charge in [-0.2, -0.15) is 13.2 Å². The minimum atomic E-state index is -4.67. The molecule has 8 heteroatoms. The summed E-state index contributed by atoms with van der Waals surface area (Å²) in [5.74, 6) is 0. The van der Waals surface area contributed by atoms with Crippen LogP contribution in [0.2, 0.25) is 0 Å². The lowest BCUT2D eigenvalue weighted by molar-refractivity contribution is -0.204. The third kappa shape index (κ3) is 4.59. The van der Waals surface area contributed by atoms with E-state index in [1.165, 1.54) is 0 Å². The summed E-state index contributed by atoms with van der Waals surface area (Å²) >= 11 is 1.56. The number of thiophene rings is 1. The number of alkyl halides is 3. The lowest BCUT2D eigenvalue weighted by atomic mass is 10.1. The molecular weight excluding hydrogens is 329 g/mol. The van der Waals surface area contributed by atoms with Crippen molar-refractivity contribution in [2.45, 2.75) is 31.7 Å². The SMILES string of the molecule is C[C@@H](NC(=O)NCC[C@@H](O)C(F)(F)F)c1csc2ccccc12. The van der Waals surface area contributed by atoms with Crippen LogP contribution in [-0.2, 0) is 0 Å². The van der Waals surface area contributed by atoms with Gasteiger partial charge in [-0.15, -0.1) is 11.3 Å². The standard InChI is InChI=1S/C15H17F3N2O2S/c1-9(11-8-23-12-5-3-2-4-10(11)12)20-14(22)19-7-6-13(21)15(16,17)18/h2-5,8-9,13,21H,6-7H2,1H3,(H2,19,20,22)/t9-,13-/m1/s1. The summed E-state index contributed by atoms with van der Waals surface area (Å²) in [5.41, 5.74) is 0.955. The van der Waals surface area contributed by atoms with Crippen molar-refractivity contribution in [3.8, 4) is 0 Å². The Labute approximate surface area is 135 Å². The summed E-state index contributed by atoms with van der Waals surface area (Å²) in [4.78, 5) is 11.7. The molecule has 0 spiro atoms. The number of urea groups is 1. The topological polar surface area (TPSA) is 61.4 Å². The molecule has 126 valence electrons. The minimum absolute atomic E-state index is 0.260. The molecule has 1 aromatic carbocycles. The van der Waals surface area contributed by atoms with Gasteiger partial charge in [-0.1, -0.05) is 18.2 Å². The van der Waals surface area contributed by atoms with E-state index in [0.717, 1.165) is 15.6 Å². The predicted octanol–water partition coefficient (Wildman–Crippen LogP) is 3.57. The molecule has 1 heterocycles. The van der Waals surface area contributed by atoms with Gasteiger partial charge in [-0.3, -0.25) is 0 Å². The number of fused-ring (bicyclic) bond motifs is 1. The molecule has 2 amide bonds. The number of aliphatic hydroxyl groups is 1. The van der Waals surface area contributed by atoms with Crippen LogP contribution in [-0.4, -0.2) is 30.0 Å². The predicted molar refractivity (Wildman–Crippen MR) is 83.5 cm³/mol. The van der Waals surface area contributed by atoms with E-state index >= 15 is 0 Å². The average Bonchev–Trinajstić information content (AvgIpc) is 2.90. The van der Waals surface area contributed by atoms with Gasteiger partial charge >= 0.3 is 12.2 Å². The van der Waals surface area contributed by atoms with Crippen molar-refractivity contribution in [1.82, 2.24) is 10.6 Å².